The van der Waals surface area contributed by atoms with Crippen LogP contribution in [-0.2, 0) is 11.2 Å². The van der Waals surface area contributed by atoms with Gasteiger partial charge in [0.05, 0.1) is 6.61 Å². The molecule has 0 spiro atoms. The quantitative estimate of drug-likeness (QED) is 0.738. The summed E-state index contributed by atoms with van der Waals surface area (Å²) in [6.45, 7) is 2.74. The van der Waals surface area contributed by atoms with Gasteiger partial charge in [0.2, 0.25) is 0 Å². The second-order valence-electron chi connectivity index (χ2n) is 3.94. The van der Waals surface area contributed by atoms with E-state index in [0.717, 1.165) is 48.5 Å². The maximum absolute atomic E-state index is 6.12. The number of halogens is 2. The molecule has 0 saturated carbocycles. The average Bonchev–Trinajstić information content (AvgIpc) is 2.32. The van der Waals surface area contributed by atoms with Crippen molar-refractivity contribution in [2.75, 3.05) is 26.8 Å². The number of benzene rings is 1. The molecule has 1 rings (SSSR count). The first-order chi connectivity index (χ1) is 8.24. The summed E-state index contributed by atoms with van der Waals surface area (Å²) < 4.78 is 6.05. The molecule has 0 aliphatic heterocycles. The van der Waals surface area contributed by atoms with Gasteiger partial charge in [-0.2, -0.15) is 0 Å². The van der Waals surface area contributed by atoms with Crippen molar-refractivity contribution in [1.82, 2.24) is 5.32 Å². The Morgan fingerprint density at radius 3 is 2.88 bits per heavy atom. The van der Waals surface area contributed by atoms with Gasteiger partial charge in [0, 0.05) is 23.1 Å². The van der Waals surface area contributed by atoms with Gasteiger partial charge in [0.25, 0.3) is 0 Å². The zero-order valence-corrected chi connectivity index (χ0v) is 12.5. The Morgan fingerprint density at radius 2 is 2.12 bits per heavy atom. The van der Waals surface area contributed by atoms with Crippen LogP contribution in [0.25, 0.3) is 0 Å². The Kier molecular flexibility index (Phi) is 7.86. The topological polar surface area (TPSA) is 21.3 Å². The molecule has 17 heavy (non-hydrogen) atoms. The summed E-state index contributed by atoms with van der Waals surface area (Å²) in [6.07, 6.45) is 3.34. The zero-order chi connectivity index (χ0) is 12.5. The van der Waals surface area contributed by atoms with E-state index in [2.05, 4.69) is 27.3 Å². The second-order valence-corrected chi connectivity index (χ2v) is 5.26. The average molecular weight is 321 g/mol. The first kappa shape index (κ1) is 15.0. The van der Waals surface area contributed by atoms with E-state index in [1.807, 2.05) is 12.1 Å². The molecule has 4 heteroatoms. The van der Waals surface area contributed by atoms with Crippen LogP contribution in [-0.4, -0.2) is 26.8 Å². The van der Waals surface area contributed by atoms with E-state index >= 15 is 0 Å². The van der Waals surface area contributed by atoms with Gasteiger partial charge in [0.1, 0.15) is 0 Å². The van der Waals surface area contributed by atoms with Crippen molar-refractivity contribution in [3.05, 3.63) is 33.3 Å². The molecular formula is C13H19BrClNO. The first-order valence-corrected chi connectivity index (χ1v) is 7.04. The fourth-order valence-corrected chi connectivity index (χ4v) is 2.22. The minimum Gasteiger partial charge on any atom is -0.383 e. The Labute approximate surface area is 117 Å². The molecule has 0 saturated heterocycles. The molecule has 0 radical (unpaired) electrons. The van der Waals surface area contributed by atoms with Gasteiger partial charge in [-0.05, 0) is 49.6 Å². The van der Waals surface area contributed by atoms with Gasteiger partial charge in [-0.25, -0.2) is 0 Å². The van der Waals surface area contributed by atoms with Crippen LogP contribution in [0.15, 0.2) is 22.7 Å². The normalized spacial score (nSPS) is 10.8. The monoisotopic (exact) mass is 319 g/mol. The van der Waals surface area contributed by atoms with Gasteiger partial charge in [-0.1, -0.05) is 27.5 Å². The molecule has 0 unspecified atom stereocenters. The molecule has 0 bridgehead atoms. The predicted octanol–water partition coefficient (Wildman–Crippen LogP) is 3.66. The molecule has 1 aromatic rings. The number of hydrogen-bond acceptors (Lipinski definition) is 2. The highest BCUT2D eigenvalue weighted by Crippen LogP contribution is 2.22. The third kappa shape index (κ3) is 6.41. The van der Waals surface area contributed by atoms with Crippen molar-refractivity contribution in [3.63, 3.8) is 0 Å². The van der Waals surface area contributed by atoms with Crippen molar-refractivity contribution in [2.24, 2.45) is 0 Å². The maximum Gasteiger partial charge on any atom is 0.0587 e. The number of unbranched alkanes of at least 4 members (excludes halogenated alkanes) is 1. The van der Waals surface area contributed by atoms with Crippen molar-refractivity contribution >= 4 is 27.5 Å². The van der Waals surface area contributed by atoms with Crippen LogP contribution < -0.4 is 5.32 Å². The molecule has 0 heterocycles. The molecule has 2 nitrogen and oxygen atoms in total. The molecule has 0 aliphatic rings. The van der Waals surface area contributed by atoms with Crippen molar-refractivity contribution in [2.45, 2.75) is 19.3 Å². The second kappa shape index (κ2) is 8.92. The summed E-state index contributed by atoms with van der Waals surface area (Å²) in [6, 6.07) is 6.01. The molecule has 1 aromatic carbocycles. The van der Waals surface area contributed by atoms with Crippen LogP contribution in [0.2, 0.25) is 5.02 Å². The fourth-order valence-electron chi connectivity index (χ4n) is 1.60. The van der Waals surface area contributed by atoms with Crippen LogP contribution in [0.5, 0.6) is 0 Å². The highest BCUT2D eigenvalue weighted by molar-refractivity contribution is 9.10. The molecule has 0 aliphatic carbocycles. The number of hydrogen-bond donors (Lipinski definition) is 1. The summed E-state index contributed by atoms with van der Waals surface area (Å²) in [5.74, 6) is 0. The lowest BCUT2D eigenvalue weighted by molar-refractivity contribution is 0.199. The zero-order valence-electron chi connectivity index (χ0n) is 10.1. The lowest BCUT2D eigenvalue weighted by atomic mass is 10.1. The third-order valence-electron chi connectivity index (χ3n) is 2.54. The largest absolute Gasteiger partial charge is 0.383 e. The van der Waals surface area contributed by atoms with E-state index in [4.69, 9.17) is 16.3 Å². The standard InChI is InChI=1S/C13H19BrClNO/c1-17-9-8-16-7-3-2-4-11-10-12(14)5-6-13(11)15/h5-6,10,16H,2-4,7-9H2,1H3. The summed E-state index contributed by atoms with van der Waals surface area (Å²) in [5, 5.41) is 4.19. The molecule has 0 amide bonds. The first-order valence-electron chi connectivity index (χ1n) is 5.87. The molecule has 0 atom stereocenters. The number of ether oxygens (including phenoxy) is 1. The molecule has 1 N–H and O–H groups in total. The maximum atomic E-state index is 6.12. The van der Waals surface area contributed by atoms with Gasteiger partial charge >= 0.3 is 0 Å². The molecule has 0 aromatic heterocycles. The summed E-state index contributed by atoms with van der Waals surface area (Å²) in [5.41, 5.74) is 1.22. The fraction of sp³-hybridized carbons (Fsp3) is 0.538. The SMILES string of the molecule is COCCNCCCCc1cc(Br)ccc1Cl. The van der Waals surface area contributed by atoms with Gasteiger partial charge in [-0.15, -0.1) is 0 Å². The molecule has 0 fully saturated rings. The predicted molar refractivity (Wildman–Crippen MR) is 76.8 cm³/mol. The van der Waals surface area contributed by atoms with Crippen molar-refractivity contribution < 1.29 is 4.74 Å². The Balaban J connectivity index is 2.15. The number of methoxy groups -OCH3 is 1. The van der Waals surface area contributed by atoms with E-state index in [1.54, 1.807) is 7.11 Å². The van der Waals surface area contributed by atoms with Gasteiger partial charge in [-0.3, -0.25) is 0 Å². The van der Waals surface area contributed by atoms with E-state index < -0.39 is 0 Å². The van der Waals surface area contributed by atoms with Crippen LogP contribution in [0.4, 0.5) is 0 Å². The van der Waals surface area contributed by atoms with E-state index in [1.165, 1.54) is 5.56 Å². The number of nitrogens with one attached hydrogen (secondary N) is 1. The third-order valence-corrected chi connectivity index (χ3v) is 3.40. The van der Waals surface area contributed by atoms with Crippen LogP contribution in [0.1, 0.15) is 18.4 Å². The summed E-state index contributed by atoms with van der Waals surface area (Å²) >= 11 is 9.59. The van der Waals surface area contributed by atoms with Crippen LogP contribution in [0.3, 0.4) is 0 Å². The molecule has 96 valence electrons. The Bertz CT molecular complexity index is 333. The Hall–Kier alpha value is -0.0900. The minimum atomic E-state index is 0.775. The van der Waals surface area contributed by atoms with Crippen LogP contribution >= 0.6 is 27.5 Å². The lowest BCUT2D eigenvalue weighted by Crippen LogP contribution is -2.20. The number of aryl methyl sites for hydroxylation is 1. The Morgan fingerprint density at radius 1 is 1.29 bits per heavy atom. The number of rotatable bonds is 8. The van der Waals surface area contributed by atoms with E-state index in [9.17, 15) is 0 Å². The highest BCUT2D eigenvalue weighted by atomic mass is 79.9. The van der Waals surface area contributed by atoms with Gasteiger partial charge in [0.15, 0.2) is 0 Å². The van der Waals surface area contributed by atoms with Crippen molar-refractivity contribution in [3.8, 4) is 0 Å². The molecular weight excluding hydrogens is 302 g/mol. The highest BCUT2D eigenvalue weighted by Gasteiger charge is 2.00. The lowest BCUT2D eigenvalue weighted by Gasteiger charge is -2.06. The van der Waals surface area contributed by atoms with Crippen molar-refractivity contribution in [1.29, 1.82) is 0 Å². The van der Waals surface area contributed by atoms with E-state index in [-0.39, 0.29) is 0 Å². The summed E-state index contributed by atoms with van der Waals surface area (Å²) in [7, 11) is 1.72. The summed E-state index contributed by atoms with van der Waals surface area (Å²) in [4.78, 5) is 0. The minimum absolute atomic E-state index is 0.775. The smallest absolute Gasteiger partial charge is 0.0587 e. The van der Waals surface area contributed by atoms with Crippen LogP contribution in [0, 0.1) is 0 Å². The van der Waals surface area contributed by atoms with Gasteiger partial charge < -0.3 is 10.1 Å². The van der Waals surface area contributed by atoms with E-state index in [0.29, 0.717) is 0 Å².